The maximum atomic E-state index is 12.9. The second kappa shape index (κ2) is 7.40. The maximum Gasteiger partial charge on any atom is 0.244 e. The Morgan fingerprint density at radius 2 is 2.08 bits per heavy atom. The third-order valence-electron chi connectivity index (χ3n) is 5.01. The van der Waals surface area contributed by atoms with Gasteiger partial charge in [0.1, 0.15) is 10.0 Å². The molecule has 2 aliphatic heterocycles. The van der Waals surface area contributed by atoms with Gasteiger partial charge in [0.15, 0.2) is 0 Å². The molecule has 0 bridgehead atoms. The molecule has 10 heteroatoms. The SMILES string of the molecule is CC1(C)C(=O)NCCN1C[C@H]1CN(S(=O)(=O)c2ccc(Cl)nc2)CCN1. The predicted octanol–water partition coefficient (Wildman–Crippen LogP) is -0.0921. The highest BCUT2D eigenvalue weighted by Gasteiger charge is 2.39. The lowest BCUT2D eigenvalue weighted by molar-refractivity contribution is -0.135. The summed E-state index contributed by atoms with van der Waals surface area (Å²) in [6.07, 6.45) is 1.28. The highest BCUT2D eigenvalue weighted by molar-refractivity contribution is 7.89. The molecular formula is C16H24ClN5O3S. The molecule has 2 fully saturated rings. The van der Waals surface area contributed by atoms with Crippen molar-refractivity contribution in [2.45, 2.75) is 30.3 Å². The molecule has 1 aromatic heterocycles. The van der Waals surface area contributed by atoms with E-state index in [0.29, 0.717) is 32.7 Å². The Kier molecular flexibility index (Phi) is 5.55. The summed E-state index contributed by atoms with van der Waals surface area (Å²) < 4.78 is 27.2. The maximum absolute atomic E-state index is 12.9. The second-order valence-electron chi connectivity index (χ2n) is 7.09. The van der Waals surface area contributed by atoms with Gasteiger partial charge in [-0.15, -0.1) is 0 Å². The van der Waals surface area contributed by atoms with Crippen molar-refractivity contribution in [2.24, 2.45) is 0 Å². The molecule has 3 rings (SSSR count). The fourth-order valence-corrected chi connectivity index (χ4v) is 4.87. The number of sulfonamides is 1. The van der Waals surface area contributed by atoms with E-state index in [2.05, 4.69) is 20.5 Å². The number of hydrogen-bond acceptors (Lipinski definition) is 6. The second-order valence-corrected chi connectivity index (χ2v) is 9.42. The molecule has 1 amide bonds. The van der Waals surface area contributed by atoms with Gasteiger partial charge in [-0.3, -0.25) is 9.69 Å². The van der Waals surface area contributed by atoms with Gasteiger partial charge in [0.25, 0.3) is 0 Å². The minimum atomic E-state index is -3.62. The Balaban J connectivity index is 1.71. The lowest BCUT2D eigenvalue weighted by Gasteiger charge is -2.44. The largest absolute Gasteiger partial charge is 0.353 e. The fraction of sp³-hybridized carbons (Fsp3) is 0.625. The van der Waals surface area contributed by atoms with Crippen LogP contribution in [0.2, 0.25) is 5.15 Å². The number of carbonyl (C=O) groups excluding carboxylic acids is 1. The molecule has 0 aliphatic carbocycles. The number of nitrogens with zero attached hydrogens (tertiary/aromatic N) is 3. The number of aromatic nitrogens is 1. The Morgan fingerprint density at radius 3 is 2.77 bits per heavy atom. The average molecular weight is 402 g/mol. The summed E-state index contributed by atoms with van der Waals surface area (Å²) in [5, 5.41) is 6.50. The Morgan fingerprint density at radius 1 is 1.31 bits per heavy atom. The first-order valence-electron chi connectivity index (χ1n) is 8.60. The molecule has 0 saturated carbocycles. The summed E-state index contributed by atoms with van der Waals surface area (Å²) >= 11 is 5.75. The van der Waals surface area contributed by atoms with E-state index in [0.717, 1.165) is 6.54 Å². The monoisotopic (exact) mass is 401 g/mol. The van der Waals surface area contributed by atoms with Gasteiger partial charge in [-0.05, 0) is 26.0 Å². The molecular weight excluding hydrogens is 378 g/mol. The fourth-order valence-electron chi connectivity index (χ4n) is 3.33. The lowest BCUT2D eigenvalue weighted by atomic mass is 9.98. The lowest BCUT2D eigenvalue weighted by Crippen LogP contribution is -2.65. The molecule has 0 spiro atoms. The summed E-state index contributed by atoms with van der Waals surface area (Å²) in [5.74, 6) is -0.00345. The smallest absolute Gasteiger partial charge is 0.244 e. The van der Waals surface area contributed by atoms with E-state index in [-0.39, 0.29) is 22.0 Å². The van der Waals surface area contributed by atoms with Crippen LogP contribution in [0, 0.1) is 0 Å². The number of amides is 1. The van der Waals surface area contributed by atoms with E-state index in [1.165, 1.54) is 22.6 Å². The minimum absolute atomic E-state index is 0.00345. The van der Waals surface area contributed by atoms with Gasteiger partial charge in [0.05, 0.1) is 5.54 Å². The van der Waals surface area contributed by atoms with Gasteiger partial charge < -0.3 is 10.6 Å². The summed E-state index contributed by atoms with van der Waals surface area (Å²) in [7, 11) is -3.62. The van der Waals surface area contributed by atoms with E-state index >= 15 is 0 Å². The molecule has 26 heavy (non-hydrogen) atoms. The Hall–Kier alpha value is -1.26. The van der Waals surface area contributed by atoms with Crippen LogP contribution in [0.25, 0.3) is 0 Å². The van der Waals surface area contributed by atoms with Crippen LogP contribution in [0.3, 0.4) is 0 Å². The van der Waals surface area contributed by atoms with Crippen molar-refractivity contribution in [3.63, 3.8) is 0 Å². The molecule has 3 heterocycles. The van der Waals surface area contributed by atoms with Gasteiger partial charge in [0, 0.05) is 51.5 Å². The average Bonchev–Trinajstić information content (AvgIpc) is 2.60. The van der Waals surface area contributed by atoms with Crippen LogP contribution < -0.4 is 10.6 Å². The Labute approximate surface area is 158 Å². The molecule has 2 aliphatic rings. The first kappa shape index (κ1) is 19.5. The first-order valence-corrected chi connectivity index (χ1v) is 10.4. The topological polar surface area (TPSA) is 94.6 Å². The first-order chi connectivity index (χ1) is 12.2. The third kappa shape index (κ3) is 3.86. The van der Waals surface area contributed by atoms with E-state index in [4.69, 9.17) is 11.6 Å². The molecule has 0 aromatic carbocycles. The van der Waals surface area contributed by atoms with Crippen molar-refractivity contribution >= 4 is 27.5 Å². The molecule has 0 radical (unpaired) electrons. The number of pyridine rings is 1. The molecule has 8 nitrogen and oxygen atoms in total. The standard InChI is InChI=1S/C16H24ClN5O3S/c1-16(2)15(23)19-5-7-21(16)10-12-11-22(8-6-18-12)26(24,25)13-3-4-14(17)20-9-13/h3-4,9,12,18H,5-8,10-11H2,1-2H3,(H,19,23)/t12-/m0/s1. The summed E-state index contributed by atoms with van der Waals surface area (Å²) in [4.78, 5) is 18.2. The van der Waals surface area contributed by atoms with Crippen LogP contribution in [-0.4, -0.2) is 79.4 Å². The van der Waals surface area contributed by atoms with Crippen molar-refractivity contribution in [1.82, 2.24) is 24.8 Å². The van der Waals surface area contributed by atoms with Gasteiger partial charge in [-0.1, -0.05) is 11.6 Å². The van der Waals surface area contributed by atoms with E-state index in [1.54, 1.807) is 0 Å². The van der Waals surface area contributed by atoms with E-state index in [9.17, 15) is 13.2 Å². The van der Waals surface area contributed by atoms with Gasteiger partial charge in [-0.25, -0.2) is 13.4 Å². The van der Waals surface area contributed by atoms with Gasteiger partial charge in [-0.2, -0.15) is 4.31 Å². The highest BCUT2D eigenvalue weighted by Crippen LogP contribution is 2.21. The zero-order chi connectivity index (χ0) is 18.9. The molecule has 2 N–H and O–H groups in total. The zero-order valence-corrected chi connectivity index (χ0v) is 16.5. The van der Waals surface area contributed by atoms with E-state index < -0.39 is 15.6 Å². The number of hydrogen-bond donors (Lipinski definition) is 2. The van der Waals surface area contributed by atoms with Gasteiger partial charge in [0.2, 0.25) is 15.9 Å². The van der Waals surface area contributed by atoms with Gasteiger partial charge >= 0.3 is 0 Å². The van der Waals surface area contributed by atoms with Crippen LogP contribution >= 0.6 is 11.6 Å². The van der Waals surface area contributed by atoms with Crippen molar-refractivity contribution in [1.29, 1.82) is 0 Å². The molecule has 144 valence electrons. The van der Waals surface area contributed by atoms with Crippen LogP contribution in [0.4, 0.5) is 0 Å². The Bertz CT molecular complexity index is 769. The molecule has 1 aromatic rings. The van der Waals surface area contributed by atoms with Crippen molar-refractivity contribution in [3.05, 3.63) is 23.5 Å². The minimum Gasteiger partial charge on any atom is -0.353 e. The van der Waals surface area contributed by atoms with Crippen LogP contribution in [0.5, 0.6) is 0 Å². The predicted molar refractivity (Wildman–Crippen MR) is 98.5 cm³/mol. The quantitative estimate of drug-likeness (QED) is 0.685. The number of carbonyl (C=O) groups is 1. The number of piperazine rings is 2. The molecule has 1 atom stereocenters. The number of rotatable bonds is 4. The summed E-state index contributed by atoms with van der Waals surface area (Å²) in [5.41, 5.74) is -0.610. The van der Waals surface area contributed by atoms with Crippen LogP contribution in [0.1, 0.15) is 13.8 Å². The van der Waals surface area contributed by atoms with Crippen molar-refractivity contribution < 1.29 is 13.2 Å². The molecule has 2 saturated heterocycles. The summed E-state index contributed by atoms with van der Waals surface area (Å²) in [6, 6.07) is 2.90. The molecule has 0 unspecified atom stereocenters. The van der Waals surface area contributed by atoms with Crippen molar-refractivity contribution in [2.75, 3.05) is 39.3 Å². The van der Waals surface area contributed by atoms with Crippen LogP contribution in [0.15, 0.2) is 23.2 Å². The third-order valence-corrected chi connectivity index (χ3v) is 7.08. The van der Waals surface area contributed by atoms with Crippen molar-refractivity contribution in [3.8, 4) is 0 Å². The summed E-state index contributed by atoms with van der Waals surface area (Å²) in [6.45, 7) is 7.02. The number of halogens is 1. The highest BCUT2D eigenvalue weighted by atomic mass is 35.5. The number of nitrogens with one attached hydrogen (secondary N) is 2. The zero-order valence-electron chi connectivity index (χ0n) is 14.9. The van der Waals surface area contributed by atoms with Crippen LogP contribution in [-0.2, 0) is 14.8 Å². The van der Waals surface area contributed by atoms with E-state index in [1.807, 2.05) is 13.8 Å². The normalized spacial score (nSPS) is 25.0.